The molecule has 1 aliphatic rings. The smallest absolute Gasteiger partial charge is 0.333 e. The van der Waals surface area contributed by atoms with Crippen LogP contribution in [0.2, 0.25) is 0 Å². The Morgan fingerprint density at radius 1 is 1.35 bits per heavy atom. The summed E-state index contributed by atoms with van der Waals surface area (Å²) in [5.41, 5.74) is 0.497. The van der Waals surface area contributed by atoms with Crippen molar-refractivity contribution in [3.63, 3.8) is 0 Å². The van der Waals surface area contributed by atoms with Crippen LogP contribution in [0.15, 0.2) is 12.2 Å². The molecular weight excluding hydrogens is 212 g/mol. The molecule has 17 heavy (non-hydrogen) atoms. The molecule has 0 aromatic rings. The zero-order valence-corrected chi connectivity index (χ0v) is 11.5. The van der Waals surface area contributed by atoms with Crippen LogP contribution in [0.3, 0.4) is 0 Å². The van der Waals surface area contributed by atoms with E-state index in [-0.39, 0.29) is 12.1 Å². The van der Waals surface area contributed by atoms with Gasteiger partial charge in [0.05, 0.1) is 0 Å². The molecule has 0 bridgehead atoms. The third-order valence-electron chi connectivity index (χ3n) is 3.89. The van der Waals surface area contributed by atoms with E-state index in [4.69, 9.17) is 4.74 Å². The largest absolute Gasteiger partial charge is 0.459 e. The predicted molar refractivity (Wildman–Crippen MR) is 70.7 cm³/mol. The summed E-state index contributed by atoms with van der Waals surface area (Å²) < 4.78 is 5.41. The van der Waals surface area contributed by atoms with Crippen molar-refractivity contribution < 1.29 is 9.53 Å². The van der Waals surface area contributed by atoms with Gasteiger partial charge in [0, 0.05) is 5.57 Å². The molecule has 0 aromatic heterocycles. The lowest BCUT2D eigenvalue weighted by Gasteiger charge is -2.31. The van der Waals surface area contributed by atoms with Crippen molar-refractivity contribution in [1.82, 2.24) is 0 Å². The highest BCUT2D eigenvalue weighted by Crippen LogP contribution is 2.34. The maximum Gasteiger partial charge on any atom is 0.333 e. The number of carbonyl (C=O) groups excluding carboxylic acids is 1. The van der Waals surface area contributed by atoms with E-state index in [1.165, 1.54) is 38.5 Å². The second-order valence-electron chi connectivity index (χ2n) is 5.46. The third-order valence-corrected chi connectivity index (χ3v) is 3.89. The maximum atomic E-state index is 11.4. The monoisotopic (exact) mass is 238 g/mol. The predicted octanol–water partition coefficient (Wildman–Crippen LogP) is 4.10. The maximum absolute atomic E-state index is 11.4. The fourth-order valence-corrected chi connectivity index (χ4v) is 2.72. The van der Waals surface area contributed by atoms with E-state index in [0.29, 0.717) is 11.5 Å². The zero-order valence-electron chi connectivity index (χ0n) is 11.5. The highest BCUT2D eigenvalue weighted by Gasteiger charge is 2.26. The quantitative estimate of drug-likeness (QED) is 0.532. The van der Waals surface area contributed by atoms with Gasteiger partial charge in [0.25, 0.3) is 0 Å². The van der Waals surface area contributed by atoms with Gasteiger partial charge in [-0.25, -0.2) is 4.79 Å². The van der Waals surface area contributed by atoms with Crippen molar-refractivity contribution in [2.75, 3.05) is 0 Å². The first kappa shape index (κ1) is 14.3. The number of esters is 1. The molecule has 1 atom stereocenters. The Bertz CT molecular complexity index is 262. The molecular formula is C15H26O2. The minimum Gasteiger partial charge on any atom is -0.459 e. The van der Waals surface area contributed by atoms with Crippen molar-refractivity contribution in [2.24, 2.45) is 11.8 Å². The Balaban J connectivity index is 2.33. The summed E-state index contributed by atoms with van der Waals surface area (Å²) >= 11 is 0. The molecule has 2 heteroatoms. The van der Waals surface area contributed by atoms with Crippen molar-refractivity contribution in [2.45, 2.75) is 65.4 Å². The molecule has 0 amide bonds. The summed E-state index contributed by atoms with van der Waals surface area (Å²) in [6, 6.07) is 0. The summed E-state index contributed by atoms with van der Waals surface area (Å²) in [5, 5.41) is 0. The fraction of sp³-hybridized carbons (Fsp3) is 0.800. The van der Waals surface area contributed by atoms with Crippen molar-refractivity contribution in [1.29, 1.82) is 0 Å². The first-order valence-corrected chi connectivity index (χ1v) is 6.91. The molecule has 1 aliphatic carbocycles. The van der Waals surface area contributed by atoms with E-state index >= 15 is 0 Å². The summed E-state index contributed by atoms with van der Waals surface area (Å²) in [6.07, 6.45) is 7.69. The first-order chi connectivity index (χ1) is 8.04. The van der Waals surface area contributed by atoms with E-state index in [1.54, 1.807) is 6.92 Å². The first-order valence-electron chi connectivity index (χ1n) is 6.91. The summed E-state index contributed by atoms with van der Waals surface area (Å²) in [7, 11) is 0. The minimum absolute atomic E-state index is 0.0433. The van der Waals surface area contributed by atoms with Crippen LogP contribution < -0.4 is 0 Å². The molecule has 2 nitrogen and oxygen atoms in total. The van der Waals surface area contributed by atoms with Gasteiger partial charge >= 0.3 is 5.97 Å². The number of hydrogen-bond donors (Lipinski definition) is 0. The molecule has 1 rings (SSSR count). The topological polar surface area (TPSA) is 26.3 Å². The molecule has 0 spiro atoms. The fourth-order valence-electron chi connectivity index (χ4n) is 2.72. The van der Waals surface area contributed by atoms with Gasteiger partial charge in [0.15, 0.2) is 0 Å². The van der Waals surface area contributed by atoms with E-state index in [2.05, 4.69) is 13.5 Å². The Hall–Kier alpha value is -0.790. The zero-order chi connectivity index (χ0) is 12.8. The van der Waals surface area contributed by atoms with Crippen LogP contribution >= 0.6 is 0 Å². The van der Waals surface area contributed by atoms with Gasteiger partial charge in [-0.15, -0.1) is 0 Å². The standard InChI is InChI=1S/C15H26O2/c1-5-6-13-7-9-14(10-8-13)12(4)17-15(16)11(2)3/h12-14H,2,5-10H2,1,3-4H3. The number of rotatable bonds is 5. The number of ether oxygens (including phenoxy) is 1. The Morgan fingerprint density at radius 2 is 1.94 bits per heavy atom. The van der Waals surface area contributed by atoms with Crippen molar-refractivity contribution in [3.8, 4) is 0 Å². The molecule has 0 saturated heterocycles. The van der Waals surface area contributed by atoms with Gasteiger partial charge < -0.3 is 4.74 Å². The van der Waals surface area contributed by atoms with E-state index < -0.39 is 0 Å². The van der Waals surface area contributed by atoms with E-state index in [0.717, 1.165) is 5.92 Å². The molecule has 1 fully saturated rings. The molecule has 0 aromatic carbocycles. The van der Waals surface area contributed by atoms with Gasteiger partial charge in [-0.3, -0.25) is 0 Å². The van der Waals surface area contributed by atoms with E-state index in [1.807, 2.05) is 6.92 Å². The lowest BCUT2D eigenvalue weighted by Crippen LogP contribution is -2.28. The second kappa shape index (κ2) is 6.83. The second-order valence-corrected chi connectivity index (χ2v) is 5.46. The SMILES string of the molecule is C=C(C)C(=O)OC(C)C1CCC(CCC)CC1. The lowest BCUT2D eigenvalue weighted by atomic mass is 9.78. The van der Waals surface area contributed by atoms with Gasteiger partial charge in [0.2, 0.25) is 0 Å². The van der Waals surface area contributed by atoms with Gasteiger partial charge in [-0.1, -0.05) is 39.2 Å². The van der Waals surface area contributed by atoms with Crippen LogP contribution in [0.4, 0.5) is 0 Å². The molecule has 0 heterocycles. The lowest BCUT2D eigenvalue weighted by molar-refractivity contribution is -0.146. The Labute approximate surface area is 105 Å². The molecule has 98 valence electrons. The molecule has 1 saturated carbocycles. The van der Waals surface area contributed by atoms with Gasteiger partial charge in [-0.05, 0) is 38.5 Å². The average Bonchev–Trinajstić information content (AvgIpc) is 2.30. The van der Waals surface area contributed by atoms with Crippen molar-refractivity contribution >= 4 is 5.97 Å². The number of carbonyl (C=O) groups is 1. The van der Waals surface area contributed by atoms with Crippen LogP contribution in [0, 0.1) is 11.8 Å². The van der Waals surface area contributed by atoms with Crippen LogP contribution in [-0.2, 0) is 9.53 Å². The molecule has 1 unspecified atom stereocenters. The Morgan fingerprint density at radius 3 is 2.41 bits per heavy atom. The van der Waals surface area contributed by atoms with Crippen LogP contribution in [0.25, 0.3) is 0 Å². The highest BCUT2D eigenvalue weighted by molar-refractivity contribution is 5.87. The van der Waals surface area contributed by atoms with Crippen LogP contribution in [-0.4, -0.2) is 12.1 Å². The normalized spacial score (nSPS) is 26.3. The van der Waals surface area contributed by atoms with E-state index in [9.17, 15) is 4.79 Å². The molecule has 0 N–H and O–H groups in total. The van der Waals surface area contributed by atoms with Crippen LogP contribution in [0.5, 0.6) is 0 Å². The Kier molecular flexibility index (Phi) is 5.73. The molecule has 0 radical (unpaired) electrons. The van der Waals surface area contributed by atoms with Gasteiger partial charge in [0.1, 0.15) is 6.10 Å². The van der Waals surface area contributed by atoms with Crippen molar-refractivity contribution in [3.05, 3.63) is 12.2 Å². The molecule has 0 aliphatic heterocycles. The van der Waals surface area contributed by atoms with Crippen LogP contribution in [0.1, 0.15) is 59.3 Å². The minimum atomic E-state index is -0.242. The van der Waals surface area contributed by atoms with Gasteiger partial charge in [-0.2, -0.15) is 0 Å². The highest BCUT2D eigenvalue weighted by atomic mass is 16.5. The summed E-state index contributed by atoms with van der Waals surface area (Å²) in [6.45, 7) is 9.59. The number of hydrogen-bond acceptors (Lipinski definition) is 2. The average molecular weight is 238 g/mol. The summed E-state index contributed by atoms with van der Waals surface area (Å²) in [4.78, 5) is 11.4. The summed E-state index contributed by atoms with van der Waals surface area (Å²) in [5.74, 6) is 1.21. The third kappa shape index (κ3) is 4.53.